The first-order valence-corrected chi connectivity index (χ1v) is 8.00. The molecule has 1 rings (SSSR count). The van der Waals surface area contributed by atoms with Crippen LogP contribution in [0.2, 0.25) is 0 Å². The van der Waals surface area contributed by atoms with Crippen LogP contribution in [0.5, 0.6) is 0 Å². The molecule has 0 radical (unpaired) electrons. The standard InChI is InChI=1S/C17H31N3O/c1-7-16-9-15(11-18-13(3)4)10-17(19-16)20(8-2)14(5)12-21-6/h9-10,13-14,18H,7-8,11-12H2,1-6H3. The van der Waals surface area contributed by atoms with Gasteiger partial charge in [0, 0.05) is 31.9 Å². The SMILES string of the molecule is CCc1cc(CNC(C)C)cc(N(CC)C(C)COC)n1. The van der Waals surface area contributed by atoms with Crippen LogP contribution in [-0.4, -0.2) is 37.3 Å². The van der Waals surface area contributed by atoms with Crippen LogP contribution in [0.15, 0.2) is 12.1 Å². The molecule has 1 atom stereocenters. The molecule has 0 aromatic carbocycles. The van der Waals surface area contributed by atoms with Crippen molar-refractivity contribution in [3.05, 3.63) is 23.4 Å². The first-order valence-electron chi connectivity index (χ1n) is 8.00. The van der Waals surface area contributed by atoms with Crippen molar-refractivity contribution in [3.63, 3.8) is 0 Å². The van der Waals surface area contributed by atoms with Crippen LogP contribution in [0.1, 0.15) is 45.9 Å². The van der Waals surface area contributed by atoms with Gasteiger partial charge >= 0.3 is 0 Å². The second-order valence-electron chi connectivity index (χ2n) is 5.80. The molecule has 1 aromatic rings. The molecular weight excluding hydrogens is 262 g/mol. The van der Waals surface area contributed by atoms with E-state index >= 15 is 0 Å². The lowest BCUT2D eigenvalue weighted by Crippen LogP contribution is -2.37. The number of hydrogen-bond donors (Lipinski definition) is 1. The highest BCUT2D eigenvalue weighted by atomic mass is 16.5. The zero-order chi connectivity index (χ0) is 15.8. The Morgan fingerprint density at radius 3 is 2.48 bits per heavy atom. The van der Waals surface area contributed by atoms with Crippen LogP contribution in [0.4, 0.5) is 5.82 Å². The van der Waals surface area contributed by atoms with Crippen LogP contribution in [0, 0.1) is 0 Å². The predicted molar refractivity (Wildman–Crippen MR) is 89.9 cm³/mol. The summed E-state index contributed by atoms with van der Waals surface area (Å²) < 4.78 is 5.29. The first kappa shape index (κ1) is 17.9. The highest BCUT2D eigenvalue weighted by Gasteiger charge is 2.15. The number of aryl methyl sites for hydroxylation is 1. The topological polar surface area (TPSA) is 37.4 Å². The maximum atomic E-state index is 5.29. The van der Waals surface area contributed by atoms with Gasteiger partial charge in [0.2, 0.25) is 0 Å². The van der Waals surface area contributed by atoms with E-state index in [1.807, 2.05) is 0 Å². The van der Waals surface area contributed by atoms with Gasteiger partial charge in [-0.15, -0.1) is 0 Å². The fraction of sp³-hybridized carbons (Fsp3) is 0.706. The molecule has 1 N–H and O–H groups in total. The number of pyridine rings is 1. The van der Waals surface area contributed by atoms with E-state index in [0.717, 1.165) is 31.0 Å². The Morgan fingerprint density at radius 1 is 1.24 bits per heavy atom. The third-order valence-electron chi connectivity index (χ3n) is 3.58. The zero-order valence-corrected chi connectivity index (χ0v) is 14.4. The minimum absolute atomic E-state index is 0.325. The molecule has 0 aliphatic heterocycles. The molecule has 0 aliphatic carbocycles. The Hall–Kier alpha value is -1.13. The van der Waals surface area contributed by atoms with E-state index in [0.29, 0.717) is 18.7 Å². The van der Waals surface area contributed by atoms with Crippen molar-refractivity contribution in [2.45, 2.75) is 59.7 Å². The van der Waals surface area contributed by atoms with Gasteiger partial charge in [0.15, 0.2) is 0 Å². The third kappa shape index (κ3) is 5.64. The van der Waals surface area contributed by atoms with Gasteiger partial charge in [-0.2, -0.15) is 0 Å². The highest BCUT2D eigenvalue weighted by Crippen LogP contribution is 2.18. The average Bonchev–Trinajstić information content (AvgIpc) is 2.46. The fourth-order valence-corrected chi connectivity index (χ4v) is 2.42. The summed E-state index contributed by atoms with van der Waals surface area (Å²) in [6, 6.07) is 5.21. The van der Waals surface area contributed by atoms with Crippen molar-refractivity contribution >= 4 is 5.82 Å². The molecule has 1 unspecified atom stereocenters. The molecule has 0 saturated carbocycles. The van der Waals surface area contributed by atoms with Crippen molar-refractivity contribution in [2.24, 2.45) is 0 Å². The van der Waals surface area contributed by atoms with Crippen LogP contribution in [0.25, 0.3) is 0 Å². The molecule has 1 heterocycles. The lowest BCUT2D eigenvalue weighted by molar-refractivity contribution is 0.181. The maximum Gasteiger partial charge on any atom is 0.129 e. The summed E-state index contributed by atoms with van der Waals surface area (Å²) in [6.45, 7) is 13.4. The first-order chi connectivity index (χ1) is 10.0. The summed E-state index contributed by atoms with van der Waals surface area (Å²) in [5, 5.41) is 3.48. The number of likely N-dealkylation sites (N-methyl/N-ethyl adjacent to an activating group) is 1. The molecule has 0 aliphatic rings. The van der Waals surface area contributed by atoms with Crippen LogP contribution < -0.4 is 10.2 Å². The van der Waals surface area contributed by atoms with Gasteiger partial charge in [0.1, 0.15) is 5.82 Å². The molecule has 0 saturated heterocycles. The summed E-state index contributed by atoms with van der Waals surface area (Å²) in [6.07, 6.45) is 0.957. The van der Waals surface area contributed by atoms with E-state index < -0.39 is 0 Å². The molecule has 0 fully saturated rings. The lowest BCUT2D eigenvalue weighted by Gasteiger charge is -2.29. The molecule has 4 heteroatoms. The molecule has 1 aromatic heterocycles. The van der Waals surface area contributed by atoms with E-state index in [-0.39, 0.29) is 0 Å². The van der Waals surface area contributed by atoms with Crippen molar-refractivity contribution < 1.29 is 4.74 Å². The monoisotopic (exact) mass is 293 g/mol. The Bertz CT molecular complexity index is 420. The summed E-state index contributed by atoms with van der Waals surface area (Å²) >= 11 is 0. The number of hydrogen-bond acceptors (Lipinski definition) is 4. The molecule has 120 valence electrons. The number of ether oxygens (including phenoxy) is 1. The second kappa shape index (κ2) is 9.00. The Kier molecular flexibility index (Phi) is 7.68. The van der Waals surface area contributed by atoms with E-state index in [1.165, 1.54) is 5.56 Å². The van der Waals surface area contributed by atoms with E-state index in [2.05, 4.69) is 57.0 Å². The van der Waals surface area contributed by atoms with Crippen molar-refractivity contribution in [3.8, 4) is 0 Å². The molecule has 4 nitrogen and oxygen atoms in total. The number of methoxy groups -OCH3 is 1. The minimum atomic E-state index is 0.325. The zero-order valence-electron chi connectivity index (χ0n) is 14.4. The number of rotatable bonds is 9. The van der Waals surface area contributed by atoms with E-state index in [1.54, 1.807) is 7.11 Å². The maximum absolute atomic E-state index is 5.29. The largest absolute Gasteiger partial charge is 0.383 e. The Labute approximate surface area is 129 Å². The van der Waals surface area contributed by atoms with Gasteiger partial charge in [-0.05, 0) is 38.0 Å². The number of anilines is 1. The van der Waals surface area contributed by atoms with Gasteiger partial charge in [0.05, 0.1) is 12.6 Å². The average molecular weight is 293 g/mol. The van der Waals surface area contributed by atoms with Crippen LogP contribution in [-0.2, 0) is 17.7 Å². The Balaban J connectivity index is 3.00. The van der Waals surface area contributed by atoms with Gasteiger partial charge in [-0.3, -0.25) is 0 Å². The number of nitrogens with zero attached hydrogens (tertiary/aromatic N) is 2. The molecule has 21 heavy (non-hydrogen) atoms. The van der Waals surface area contributed by atoms with Gasteiger partial charge < -0.3 is 15.0 Å². The van der Waals surface area contributed by atoms with Crippen LogP contribution in [0.3, 0.4) is 0 Å². The molecule has 0 bridgehead atoms. The summed E-state index contributed by atoms with van der Waals surface area (Å²) in [5.41, 5.74) is 2.45. The van der Waals surface area contributed by atoms with Crippen molar-refractivity contribution in [1.29, 1.82) is 0 Å². The highest BCUT2D eigenvalue weighted by molar-refractivity contribution is 5.43. The van der Waals surface area contributed by atoms with Crippen molar-refractivity contribution in [1.82, 2.24) is 10.3 Å². The fourth-order valence-electron chi connectivity index (χ4n) is 2.42. The summed E-state index contributed by atoms with van der Waals surface area (Å²) in [7, 11) is 1.75. The second-order valence-corrected chi connectivity index (χ2v) is 5.80. The predicted octanol–water partition coefficient (Wildman–Crippen LogP) is 3.00. The minimum Gasteiger partial charge on any atom is -0.383 e. The van der Waals surface area contributed by atoms with E-state index in [4.69, 9.17) is 9.72 Å². The number of aromatic nitrogens is 1. The van der Waals surface area contributed by atoms with Gasteiger partial charge in [-0.1, -0.05) is 20.8 Å². The molecular formula is C17H31N3O. The number of nitrogens with one attached hydrogen (secondary N) is 1. The van der Waals surface area contributed by atoms with Gasteiger partial charge in [-0.25, -0.2) is 4.98 Å². The third-order valence-corrected chi connectivity index (χ3v) is 3.58. The normalized spacial score (nSPS) is 12.7. The van der Waals surface area contributed by atoms with Crippen molar-refractivity contribution in [2.75, 3.05) is 25.2 Å². The Morgan fingerprint density at radius 2 is 1.95 bits per heavy atom. The van der Waals surface area contributed by atoms with E-state index in [9.17, 15) is 0 Å². The molecule has 0 spiro atoms. The summed E-state index contributed by atoms with van der Waals surface area (Å²) in [5.74, 6) is 1.06. The smallest absolute Gasteiger partial charge is 0.129 e. The quantitative estimate of drug-likeness (QED) is 0.759. The van der Waals surface area contributed by atoms with Crippen LogP contribution >= 0.6 is 0 Å². The summed E-state index contributed by atoms with van der Waals surface area (Å²) in [4.78, 5) is 7.10. The van der Waals surface area contributed by atoms with Gasteiger partial charge in [0.25, 0.3) is 0 Å². The molecule has 0 amide bonds. The lowest BCUT2D eigenvalue weighted by atomic mass is 10.1.